The van der Waals surface area contributed by atoms with E-state index in [1.165, 1.54) is 5.56 Å². The predicted molar refractivity (Wildman–Crippen MR) is 98.1 cm³/mol. The molecule has 4 heteroatoms. The summed E-state index contributed by atoms with van der Waals surface area (Å²) < 4.78 is 11.0. The van der Waals surface area contributed by atoms with Crippen LogP contribution in [0.4, 0.5) is 0 Å². The molecule has 1 amide bonds. The van der Waals surface area contributed by atoms with Crippen LogP contribution in [0.3, 0.4) is 0 Å². The molecular formula is C21H25NO3. The van der Waals surface area contributed by atoms with Crippen molar-refractivity contribution in [3.05, 3.63) is 59.2 Å². The number of carbonyl (C=O) groups excluding carboxylic acids is 1. The van der Waals surface area contributed by atoms with Gasteiger partial charge >= 0.3 is 0 Å². The van der Waals surface area contributed by atoms with Gasteiger partial charge in [0.05, 0.1) is 13.2 Å². The van der Waals surface area contributed by atoms with Crippen LogP contribution in [0.2, 0.25) is 0 Å². The fraction of sp³-hybridized carbons (Fsp3) is 0.381. The zero-order valence-electron chi connectivity index (χ0n) is 15.1. The Morgan fingerprint density at radius 3 is 2.64 bits per heavy atom. The second-order valence-electron chi connectivity index (χ2n) is 6.51. The maximum Gasteiger partial charge on any atom is 0.261 e. The normalized spacial score (nSPS) is 16.8. The average Bonchev–Trinajstić information content (AvgIpc) is 3.12. The minimum Gasteiger partial charge on any atom is -0.497 e. The highest BCUT2D eigenvalue weighted by Gasteiger charge is 2.30. The summed E-state index contributed by atoms with van der Waals surface area (Å²) in [6.45, 7) is 4.93. The molecule has 4 nitrogen and oxygen atoms in total. The molecule has 1 aliphatic rings. The molecule has 0 saturated carbocycles. The maximum absolute atomic E-state index is 12.7. The Bertz CT molecular complexity index is 739. The molecule has 0 radical (unpaired) electrons. The molecule has 0 aromatic heterocycles. The molecule has 25 heavy (non-hydrogen) atoms. The molecule has 2 aromatic rings. The monoisotopic (exact) mass is 339 g/mol. The van der Waals surface area contributed by atoms with Crippen molar-refractivity contribution in [3.8, 4) is 11.5 Å². The molecule has 2 aromatic carbocycles. The fourth-order valence-electron chi connectivity index (χ4n) is 3.34. The van der Waals surface area contributed by atoms with Gasteiger partial charge in [0.15, 0.2) is 6.61 Å². The lowest BCUT2D eigenvalue weighted by Crippen LogP contribution is -2.34. The Labute approximate surface area is 149 Å². The number of carbonyl (C=O) groups is 1. The average molecular weight is 339 g/mol. The summed E-state index contributed by atoms with van der Waals surface area (Å²) in [6, 6.07) is 14.0. The maximum atomic E-state index is 12.7. The van der Waals surface area contributed by atoms with Crippen molar-refractivity contribution < 1.29 is 14.3 Å². The molecule has 1 saturated heterocycles. The van der Waals surface area contributed by atoms with Crippen LogP contribution in [0.15, 0.2) is 42.5 Å². The van der Waals surface area contributed by atoms with Gasteiger partial charge in [0.25, 0.3) is 5.91 Å². The molecular weight excluding hydrogens is 314 g/mol. The third-order valence-corrected chi connectivity index (χ3v) is 4.98. The van der Waals surface area contributed by atoms with Gasteiger partial charge in [0.2, 0.25) is 0 Å². The molecule has 1 aliphatic heterocycles. The van der Waals surface area contributed by atoms with Gasteiger partial charge in [-0.3, -0.25) is 4.79 Å². The van der Waals surface area contributed by atoms with E-state index < -0.39 is 0 Å². The van der Waals surface area contributed by atoms with E-state index in [2.05, 4.69) is 0 Å². The number of methoxy groups -OCH3 is 1. The number of rotatable bonds is 5. The van der Waals surface area contributed by atoms with Crippen LogP contribution in [-0.2, 0) is 4.79 Å². The first-order chi connectivity index (χ1) is 12.1. The lowest BCUT2D eigenvalue weighted by molar-refractivity contribution is -0.134. The van der Waals surface area contributed by atoms with Gasteiger partial charge in [-0.1, -0.05) is 24.3 Å². The van der Waals surface area contributed by atoms with Crippen LogP contribution in [0.25, 0.3) is 0 Å². The summed E-state index contributed by atoms with van der Waals surface area (Å²) in [5.74, 6) is 1.66. The Hall–Kier alpha value is -2.49. The summed E-state index contributed by atoms with van der Waals surface area (Å²) in [5.41, 5.74) is 3.41. The van der Waals surface area contributed by atoms with Crippen LogP contribution >= 0.6 is 0 Å². The first-order valence-electron chi connectivity index (χ1n) is 8.72. The lowest BCUT2D eigenvalue weighted by Gasteiger charge is -2.25. The van der Waals surface area contributed by atoms with Gasteiger partial charge in [-0.2, -0.15) is 0 Å². The van der Waals surface area contributed by atoms with Gasteiger partial charge in [0, 0.05) is 6.54 Å². The highest BCUT2D eigenvalue weighted by atomic mass is 16.5. The van der Waals surface area contributed by atoms with Crippen molar-refractivity contribution in [2.24, 2.45) is 0 Å². The summed E-state index contributed by atoms with van der Waals surface area (Å²) in [5, 5.41) is 0. The topological polar surface area (TPSA) is 38.8 Å². The largest absolute Gasteiger partial charge is 0.497 e. The Morgan fingerprint density at radius 2 is 1.92 bits per heavy atom. The van der Waals surface area contributed by atoms with Gasteiger partial charge in [-0.25, -0.2) is 0 Å². The van der Waals surface area contributed by atoms with E-state index in [1.54, 1.807) is 7.11 Å². The molecule has 1 heterocycles. The summed E-state index contributed by atoms with van der Waals surface area (Å²) in [7, 11) is 1.66. The van der Waals surface area contributed by atoms with E-state index >= 15 is 0 Å². The minimum atomic E-state index is 0.0409. The van der Waals surface area contributed by atoms with E-state index in [1.807, 2.05) is 61.2 Å². The van der Waals surface area contributed by atoms with E-state index in [9.17, 15) is 4.79 Å². The number of nitrogens with zero attached hydrogens (tertiary/aromatic N) is 1. The van der Waals surface area contributed by atoms with Crippen LogP contribution < -0.4 is 9.47 Å². The molecule has 132 valence electrons. The van der Waals surface area contributed by atoms with E-state index in [4.69, 9.17) is 9.47 Å². The van der Waals surface area contributed by atoms with Crippen molar-refractivity contribution >= 4 is 5.91 Å². The second-order valence-corrected chi connectivity index (χ2v) is 6.51. The molecule has 1 unspecified atom stereocenters. The number of benzene rings is 2. The molecule has 1 atom stereocenters. The van der Waals surface area contributed by atoms with E-state index in [0.717, 1.165) is 42.0 Å². The van der Waals surface area contributed by atoms with Crippen LogP contribution in [0, 0.1) is 13.8 Å². The molecule has 0 N–H and O–H groups in total. The number of ether oxygens (including phenoxy) is 2. The first kappa shape index (κ1) is 17.3. The van der Waals surface area contributed by atoms with Crippen molar-refractivity contribution in [2.75, 3.05) is 20.3 Å². The quantitative estimate of drug-likeness (QED) is 0.825. The number of hydrogen-bond donors (Lipinski definition) is 0. The highest BCUT2D eigenvalue weighted by molar-refractivity contribution is 5.78. The Balaban J connectivity index is 1.67. The summed E-state index contributed by atoms with van der Waals surface area (Å²) >= 11 is 0. The first-order valence-corrected chi connectivity index (χ1v) is 8.72. The molecule has 0 aliphatic carbocycles. The summed E-state index contributed by atoms with van der Waals surface area (Å²) in [6.07, 6.45) is 2.01. The number of aryl methyl sites for hydroxylation is 1. The van der Waals surface area contributed by atoms with Crippen molar-refractivity contribution in [2.45, 2.75) is 32.7 Å². The Morgan fingerprint density at radius 1 is 1.16 bits per heavy atom. The molecule has 0 spiro atoms. The van der Waals surface area contributed by atoms with Crippen LogP contribution in [-0.4, -0.2) is 31.1 Å². The fourth-order valence-corrected chi connectivity index (χ4v) is 3.34. The molecule has 0 bridgehead atoms. The standard InChI is InChI=1S/C21H25NO3/c1-15-6-4-8-20(16(15)2)25-14-21(23)22-13-5-7-19(22)17-9-11-18(24-3)12-10-17/h4,6,8-12,19H,5,7,13-14H2,1-3H3. The third-order valence-electron chi connectivity index (χ3n) is 4.98. The lowest BCUT2D eigenvalue weighted by atomic mass is 10.0. The van der Waals surface area contributed by atoms with E-state index in [0.29, 0.717) is 0 Å². The van der Waals surface area contributed by atoms with Crippen LogP contribution in [0.1, 0.15) is 35.6 Å². The van der Waals surface area contributed by atoms with Crippen molar-refractivity contribution in [1.82, 2.24) is 4.90 Å². The van der Waals surface area contributed by atoms with E-state index in [-0.39, 0.29) is 18.6 Å². The predicted octanol–water partition coefficient (Wildman–Crippen LogP) is 4.05. The smallest absolute Gasteiger partial charge is 0.261 e. The molecule has 1 fully saturated rings. The Kier molecular flexibility index (Phi) is 5.27. The summed E-state index contributed by atoms with van der Waals surface area (Å²) in [4.78, 5) is 14.6. The van der Waals surface area contributed by atoms with Gasteiger partial charge < -0.3 is 14.4 Å². The number of hydrogen-bond acceptors (Lipinski definition) is 3. The highest BCUT2D eigenvalue weighted by Crippen LogP contribution is 2.33. The molecule has 3 rings (SSSR count). The third kappa shape index (κ3) is 3.78. The van der Waals surface area contributed by atoms with Gasteiger partial charge in [-0.15, -0.1) is 0 Å². The van der Waals surface area contributed by atoms with Crippen LogP contribution in [0.5, 0.6) is 11.5 Å². The van der Waals surface area contributed by atoms with Crippen molar-refractivity contribution in [3.63, 3.8) is 0 Å². The second kappa shape index (κ2) is 7.60. The van der Waals surface area contributed by atoms with Gasteiger partial charge in [0.1, 0.15) is 11.5 Å². The number of likely N-dealkylation sites (tertiary alicyclic amines) is 1. The zero-order chi connectivity index (χ0) is 17.8. The van der Waals surface area contributed by atoms with Gasteiger partial charge in [-0.05, 0) is 61.6 Å². The SMILES string of the molecule is COc1ccc(C2CCCN2C(=O)COc2cccc(C)c2C)cc1. The zero-order valence-corrected chi connectivity index (χ0v) is 15.1. The minimum absolute atomic E-state index is 0.0409. The number of amides is 1. The van der Waals surface area contributed by atoms with Crippen molar-refractivity contribution in [1.29, 1.82) is 0 Å².